The second-order valence-corrected chi connectivity index (χ2v) is 6.38. The fraction of sp³-hybridized carbons (Fsp3) is 0.333. The van der Waals surface area contributed by atoms with Crippen LogP contribution in [0.3, 0.4) is 0 Å². The predicted molar refractivity (Wildman–Crippen MR) is 103 cm³/mol. The van der Waals surface area contributed by atoms with Crippen LogP contribution in [0.25, 0.3) is 0 Å². The van der Waals surface area contributed by atoms with Crippen LogP contribution in [0.4, 0.5) is 11.6 Å². The van der Waals surface area contributed by atoms with Crippen LogP contribution in [-0.4, -0.2) is 39.9 Å². The Hall–Kier alpha value is -2.97. The van der Waals surface area contributed by atoms with Crippen LogP contribution >= 0.6 is 11.8 Å². The van der Waals surface area contributed by atoms with Crippen LogP contribution in [0, 0.1) is 22.7 Å². The zero-order valence-electron chi connectivity index (χ0n) is 14.9. The number of hydrogen-bond acceptors (Lipinski definition) is 7. The Kier molecular flexibility index (Phi) is 7.53. The molecule has 26 heavy (non-hydrogen) atoms. The molecule has 0 saturated carbocycles. The molecule has 0 amide bonds. The van der Waals surface area contributed by atoms with E-state index in [0.29, 0.717) is 11.0 Å². The number of unbranched alkanes of at least 4 members (excludes halogenated alkanes) is 1. The average molecular weight is 367 g/mol. The highest BCUT2D eigenvalue weighted by atomic mass is 32.2. The molecular formula is C18H21N7S. The molecule has 0 bridgehead atoms. The number of nitrogens with one attached hydrogen (secondary N) is 2. The van der Waals surface area contributed by atoms with Gasteiger partial charge in [0.1, 0.15) is 18.0 Å². The summed E-state index contributed by atoms with van der Waals surface area (Å²) in [6, 6.07) is 13.7. The first-order chi connectivity index (χ1) is 12.7. The minimum atomic E-state index is 0.159. The topological polar surface area (TPSA) is 104 Å². The summed E-state index contributed by atoms with van der Waals surface area (Å²) >= 11 is 1.42. The molecular weight excluding hydrogens is 346 g/mol. The highest BCUT2D eigenvalue weighted by Gasteiger charge is 2.10. The van der Waals surface area contributed by atoms with E-state index in [1.54, 1.807) is 0 Å². The number of aryl methyl sites for hydroxylation is 1. The minimum Gasteiger partial charge on any atom is -0.368 e. The lowest BCUT2D eigenvalue weighted by Gasteiger charge is -2.20. The number of rotatable bonds is 9. The van der Waals surface area contributed by atoms with Gasteiger partial charge in [0, 0.05) is 25.7 Å². The standard InChI is InChI=1S/C18H21N7S/c1-25(17(26-2)14(12-19)13-20)11-7-6-10-16-22-18(24-23-16)21-15-8-4-3-5-9-15/h3-5,8-9H,6-7,10-11H2,1-2H3,(H2,21,22,23,24). The molecule has 0 unspecified atom stereocenters. The maximum Gasteiger partial charge on any atom is 0.246 e. The van der Waals surface area contributed by atoms with Gasteiger partial charge in [-0.25, -0.2) is 0 Å². The van der Waals surface area contributed by atoms with Gasteiger partial charge in [-0.2, -0.15) is 15.5 Å². The van der Waals surface area contributed by atoms with E-state index in [9.17, 15) is 0 Å². The van der Waals surface area contributed by atoms with Gasteiger partial charge >= 0.3 is 0 Å². The van der Waals surface area contributed by atoms with Crippen molar-refractivity contribution < 1.29 is 0 Å². The predicted octanol–water partition coefficient (Wildman–Crippen LogP) is 3.42. The summed E-state index contributed by atoms with van der Waals surface area (Å²) in [7, 11) is 1.90. The minimum absolute atomic E-state index is 0.159. The maximum absolute atomic E-state index is 9.01. The van der Waals surface area contributed by atoms with E-state index < -0.39 is 0 Å². The molecule has 0 saturated heterocycles. The zero-order chi connectivity index (χ0) is 18.8. The van der Waals surface area contributed by atoms with Gasteiger partial charge in [-0.3, -0.25) is 5.10 Å². The molecule has 7 nitrogen and oxygen atoms in total. The third-order valence-corrected chi connectivity index (χ3v) is 4.60. The van der Waals surface area contributed by atoms with Crippen LogP contribution in [0.1, 0.15) is 18.7 Å². The molecule has 2 rings (SSSR count). The Morgan fingerprint density at radius 2 is 1.96 bits per heavy atom. The van der Waals surface area contributed by atoms with Crippen molar-refractivity contribution in [1.29, 1.82) is 10.5 Å². The van der Waals surface area contributed by atoms with Crippen molar-refractivity contribution in [2.45, 2.75) is 19.3 Å². The average Bonchev–Trinajstić information content (AvgIpc) is 3.11. The third-order valence-electron chi connectivity index (χ3n) is 3.70. The molecule has 8 heteroatoms. The number of aromatic nitrogens is 3. The van der Waals surface area contributed by atoms with Gasteiger partial charge in [0.2, 0.25) is 5.95 Å². The zero-order valence-corrected chi connectivity index (χ0v) is 15.7. The molecule has 134 valence electrons. The molecule has 1 heterocycles. The van der Waals surface area contributed by atoms with Crippen LogP contribution in [-0.2, 0) is 6.42 Å². The van der Waals surface area contributed by atoms with Crippen molar-refractivity contribution >= 4 is 23.4 Å². The highest BCUT2D eigenvalue weighted by molar-refractivity contribution is 8.02. The lowest BCUT2D eigenvalue weighted by atomic mass is 10.2. The van der Waals surface area contributed by atoms with Gasteiger partial charge in [0.05, 0.1) is 5.03 Å². The quantitative estimate of drug-likeness (QED) is 0.517. The SMILES string of the molecule is CSC(=C(C#N)C#N)N(C)CCCCc1nc(Nc2ccccc2)n[nH]1. The number of para-hydroxylation sites is 1. The van der Waals surface area contributed by atoms with Gasteiger partial charge in [-0.05, 0) is 31.2 Å². The van der Waals surface area contributed by atoms with E-state index in [0.717, 1.165) is 37.3 Å². The molecule has 1 aromatic carbocycles. The van der Waals surface area contributed by atoms with E-state index in [2.05, 4.69) is 20.5 Å². The van der Waals surface area contributed by atoms with Crippen LogP contribution in [0.5, 0.6) is 0 Å². The summed E-state index contributed by atoms with van der Waals surface area (Å²) in [5.74, 6) is 1.39. The molecule has 0 aliphatic heterocycles. The normalized spacial score (nSPS) is 9.85. The molecule has 0 fully saturated rings. The van der Waals surface area contributed by atoms with Gasteiger partial charge < -0.3 is 10.2 Å². The summed E-state index contributed by atoms with van der Waals surface area (Å²) in [6.07, 6.45) is 4.52. The number of benzene rings is 1. The Labute approximate surface area is 157 Å². The second-order valence-electron chi connectivity index (χ2n) is 5.58. The largest absolute Gasteiger partial charge is 0.368 e. The molecule has 0 spiro atoms. The third kappa shape index (κ3) is 5.54. The molecule has 0 radical (unpaired) electrons. The molecule has 2 N–H and O–H groups in total. The molecule has 0 aliphatic carbocycles. The van der Waals surface area contributed by atoms with Crippen molar-refractivity contribution in [3.63, 3.8) is 0 Å². The van der Waals surface area contributed by atoms with Crippen LogP contribution in [0.2, 0.25) is 0 Å². The number of aromatic amines is 1. The Balaban J connectivity index is 1.79. The summed E-state index contributed by atoms with van der Waals surface area (Å²) in [6.45, 7) is 0.770. The summed E-state index contributed by atoms with van der Waals surface area (Å²) in [4.78, 5) is 6.39. The summed E-state index contributed by atoms with van der Waals surface area (Å²) < 4.78 is 0. The van der Waals surface area contributed by atoms with Crippen molar-refractivity contribution in [2.24, 2.45) is 0 Å². The number of thioether (sulfide) groups is 1. The van der Waals surface area contributed by atoms with Crippen LogP contribution < -0.4 is 5.32 Å². The Morgan fingerprint density at radius 1 is 1.23 bits per heavy atom. The van der Waals surface area contributed by atoms with Crippen molar-refractivity contribution in [1.82, 2.24) is 20.1 Å². The van der Waals surface area contributed by atoms with Gasteiger partial charge in [0.25, 0.3) is 0 Å². The fourth-order valence-electron chi connectivity index (χ4n) is 2.43. The number of nitrogens with zero attached hydrogens (tertiary/aromatic N) is 5. The first-order valence-corrected chi connectivity index (χ1v) is 9.43. The number of H-pyrrole nitrogens is 1. The van der Waals surface area contributed by atoms with E-state index in [-0.39, 0.29) is 5.57 Å². The molecule has 1 aromatic heterocycles. The molecule has 2 aromatic rings. The molecule has 0 atom stereocenters. The number of anilines is 2. The first-order valence-electron chi connectivity index (χ1n) is 8.21. The number of hydrogen-bond donors (Lipinski definition) is 2. The lowest BCUT2D eigenvalue weighted by molar-refractivity contribution is 0.425. The van der Waals surface area contributed by atoms with Gasteiger partial charge in [-0.1, -0.05) is 18.2 Å². The van der Waals surface area contributed by atoms with E-state index in [4.69, 9.17) is 10.5 Å². The van der Waals surface area contributed by atoms with Gasteiger partial charge in [0.15, 0.2) is 5.57 Å². The molecule has 0 aliphatic rings. The Morgan fingerprint density at radius 3 is 2.62 bits per heavy atom. The first kappa shape index (κ1) is 19.4. The van der Waals surface area contributed by atoms with E-state index in [1.807, 2.05) is 60.7 Å². The van der Waals surface area contributed by atoms with E-state index in [1.165, 1.54) is 11.8 Å². The lowest BCUT2D eigenvalue weighted by Crippen LogP contribution is -2.18. The fourth-order valence-corrected chi connectivity index (χ4v) is 3.12. The number of nitriles is 2. The van der Waals surface area contributed by atoms with Crippen molar-refractivity contribution in [3.05, 3.63) is 46.8 Å². The highest BCUT2D eigenvalue weighted by Crippen LogP contribution is 2.20. The van der Waals surface area contributed by atoms with Crippen LogP contribution in [0.15, 0.2) is 40.9 Å². The Bertz CT molecular complexity index is 798. The number of allylic oxidation sites excluding steroid dienone is 1. The van der Waals surface area contributed by atoms with Crippen molar-refractivity contribution in [2.75, 3.05) is 25.2 Å². The van der Waals surface area contributed by atoms with Crippen molar-refractivity contribution in [3.8, 4) is 12.1 Å². The smallest absolute Gasteiger partial charge is 0.246 e. The second kappa shape index (κ2) is 10.1. The monoisotopic (exact) mass is 367 g/mol. The summed E-state index contributed by atoms with van der Waals surface area (Å²) in [5.41, 5.74) is 1.11. The maximum atomic E-state index is 9.01. The van der Waals surface area contributed by atoms with E-state index >= 15 is 0 Å². The van der Waals surface area contributed by atoms with Gasteiger partial charge in [-0.15, -0.1) is 16.9 Å². The summed E-state index contributed by atoms with van der Waals surface area (Å²) in [5, 5.41) is 29.0.